The van der Waals surface area contributed by atoms with Gasteiger partial charge in [0.25, 0.3) is 0 Å². The largest absolute Gasteiger partial charge is 0.465 e. The first-order chi connectivity index (χ1) is 8.25. The number of benzene rings is 1. The highest BCUT2D eigenvalue weighted by Gasteiger charge is 2.23. The zero-order valence-electron chi connectivity index (χ0n) is 10.6. The van der Waals surface area contributed by atoms with Crippen molar-refractivity contribution in [2.45, 2.75) is 25.7 Å². The first kappa shape index (κ1) is 10.8. The van der Waals surface area contributed by atoms with E-state index in [1.54, 1.807) is 0 Å². The summed E-state index contributed by atoms with van der Waals surface area (Å²) >= 11 is 0. The van der Waals surface area contributed by atoms with E-state index < -0.39 is 0 Å². The minimum absolute atomic E-state index is 0.602. The van der Waals surface area contributed by atoms with Gasteiger partial charge in [-0.15, -0.1) is 0 Å². The van der Waals surface area contributed by atoms with Crippen LogP contribution in [0.5, 0.6) is 0 Å². The van der Waals surface area contributed by atoms with Gasteiger partial charge in [-0.2, -0.15) is 0 Å². The average Bonchev–Trinajstić information content (AvgIpc) is 2.69. The van der Waals surface area contributed by atoms with E-state index in [0.29, 0.717) is 5.92 Å². The first-order valence-corrected chi connectivity index (χ1v) is 6.42. The minimum Gasteiger partial charge on any atom is -0.465 e. The van der Waals surface area contributed by atoms with Crippen molar-refractivity contribution in [1.29, 1.82) is 0 Å². The maximum Gasteiger partial charge on any atom is 0.115 e. The molecule has 2 heterocycles. The third-order valence-electron chi connectivity index (χ3n) is 3.92. The average molecular weight is 229 g/mol. The fourth-order valence-corrected chi connectivity index (χ4v) is 2.85. The number of hydrogen-bond donors (Lipinski definition) is 0. The molecule has 2 aromatic rings. The molecule has 1 aliphatic rings. The Morgan fingerprint density at radius 3 is 2.47 bits per heavy atom. The van der Waals surface area contributed by atoms with E-state index in [1.165, 1.54) is 42.5 Å². The third kappa shape index (κ3) is 1.87. The molecular formula is C15H19NO. The van der Waals surface area contributed by atoms with Crippen LogP contribution in [0, 0.1) is 6.92 Å². The summed E-state index contributed by atoms with van der Waals surface area (Å²) in [7, 11) is 2.20. The Kier molecular flexibility index (Phi) is 2.67. The van der Waals surface area contributed by atoms with Crippen molar-refractivity contribution in [1.82, 2.24) is 4.90 Å². The SMILES string of the molecule is Cc1oc(C2CCN(C)CC2)c2ccccc12. The smallest absolute Gasteiger partial charge is 0.115 e. The number of rotatable bonds is 1. The Hall–Kier alpha value is -1.28. The lowest BCUT2D eigenvalue weighted by atomic mass is 9.92. The lowest BCUT2D eigenvalue weighted by Gasteiger charge is -2.27. The summed E-state index contributed by atoms with van der Waals surface area (Å²) in [4.78, 5) is 2.40. The minimum atomic E-state index is 0.602. The summed E-state index contributed by atoms with van der Waals surface area (Å²) in [5.41, 5.74) is 0. The Bertz CT molecular complexity index is 521. The van der Waals surface area contributed by atoms with Crippen LogP contribution < -0.4 is 0 Å². The van der Waals surface area contributed by atoms with Gasteiger partial charge in [-0.3, -0.25) is 0 Å². The Morgan fingerprint density at radius 2 is 1.76 bits per heavy atom. The van der Waals surface area contributed by atoms with Crippen LogP contribution in [0.25, 0.3) is 10.8 Å². The molecule has 0 saturated carbocycles. The standard InChI is InChI=1S/C15H19NO/c1-11-13-5-3-4-6-14(13)15(17-11)12-7-9-16(2)10-8-12/h3-6,12H,7-10H2,1-2H3. The molecule has 1 fully saturated rings. The number of fused-ring (bicyclic) bond motifs is 1. The molecule has 90 valence electrons. The van der Waals surface area contributed by atoms with Gasteiger partial charge in [-0.05, 0) is 39.9 Å². The first-order valence-electron chi connectivity index (χ1n) is 6.42. The number of nitrogens with zero attached hydrogens (tertiary/aromatic N) is 1. The molecule has 2 heteroatoms. The molecule has 0 spiro atoms. The quantitative estimate of drug-likeness (QED) is 0.743. The van der Waals surface area contributed by atoms with Crippen LogP contribution >= 0.6 is 0 Å². The van der Waals surface area contributed by atoms with E-state index in [2.05, 4.69) is 43.1 Å². The Labute approximate surface area is 102 Å². The van der Waals surface area contributed by atoms with Crippen LogP contribution in [0.15, 0.2) is 28.7 Å². The predicted octanol–water partition coefficient (Wildman–Crippen LogP) is 3.55. The molecule has 1 aromatic carbocycles. The molecule has 1 aliphatic heterocycles. The van der Waals surface area contributed by atoms with Crippen molar-refractivity contribution in [2.24, 2.45) is 0 Å². The van der Waals surface area contributed by atoms with E-state index in [9.17, 15) is 0 Å². The molecule has 0 amide bonds. The molecule has 1 aromatic heterocycles. The fourth-order valence-electron chi connectivity index (χ4n) is 2.85. The summed E-state index contributed by atoms with van der Waals surface area (Å²) in [6.45, 7) is 4.43. The molecule has 1 saturated heterocycles. The second kappa shape index (κ2) is 4.19. The second-order valence-corrected chi connectivity index (χ2v) is 5.15. The van der Waals surface area contributed by atoms with Gasteiger partial charge in [-0.25, -0.2) is 0 Å². The monoisotopic (exact) mass is 229 g/mol. The van der Waals surface area contributed by atoms with Crippen LogP contribution in [-0.2, 0) is 0 Å². The van der Waals surface area contributed by atoms with E-state index in [0.717, 1.165) is 5.76 Å². The summed E-state index contributed by atoms with van der Waals surface area (Å²) in [6, 6.07) is 8.55. The number of hydrogen-bond acceptors (Lipinski definition) is 2. The van der Waals surface area contributed by atoms with Crippen LogP contribution in [0.4, 0.5) is 0 Å². The molecule has 0 aliphatic carbocycles. The normalized spacial score (nSPS) is 18.9. The number of furan rings is 1. The number of piperidine rings is 1. The van der Waals surface area contributed by atoms with Gasteiger partial charge >= 0.3 is 0 Å². The van der Waals surface area contributed by atoms with Crippen molar-refractivity contribution in [2.75, 3.05) is 20.1 Å². The summed E-state index contributed by atoms with van der Waals surface area (Å²) < 4.78 is 6.02. The molecule has 0 atom stereocenters. The topological polar surface area (TPSA) is 16.4 Å². The Balaban J connectivity index is 2.00. The van der Waals surface area contributed by atoms with Crippen molar-refractivity contribution in [3.63, 3.8) is 0 Å². The van der Waals surface area contributed by atoms with Gasteiger partial charge in [0, 0.05) is 16.7 Å². The molecular weight excluding hydrogens is 210 g/mol. The highest BCUT2D eigenvalue weighted by atomic mass is 16.3. The van der Waals surface area contributed by atoms with E-state index >= 15 is 0 Å². The molecule has 17 heavy (non-hydrogen) atoms. The predicted molar refractivity (Wildman–Crippen MR) is 70.4 cm³/mol. The molecule has 2 nitrogen and oxygen atoms in total. The van der Waals surface area contributed by atoms with Crippen molar-refractivity contribution in [3.05, 3.63) is 35.8 Å². The molecule has 0 unspecified atom stereocenters. The summed E-state index contributed by atoms with van der Waals surface area (Å²) in [5, 5.41) is 2.60. The molecule has 0 radical (unpaired) electrons. The summed E-state index contributed by atoms with van der Waals surface area (Å²) in [6.07, 6.45) is 2.43. The van der Waals surface area contributed by atoms with E-state index in [-0.39, 0.29) is 0 Å². The maximum absolute atomic E-state index is 6.02. The number of likely N-dealkylation sites (tertiary alicyclic amines) is 1. The van der Waals surface area contributed by atoms with Gasteiger partial charge in [-0.1, -0.05) is 24.3 Å². The molecule has 0 bridgehead atoms. The van der Waals surface area contributed by atoms with Crippen LogP contribution in [0.2, 0.25) is 0 Å². The van der Waals surface area contributed by atoms with Crippen molar-refractivity contribution >= 4 is 10.8 Å². The highest BCUT2D eigenvalue weighted by Crippen LogP contribution is 2.35. The van der Waals surface area contributed by atoms with Gasteiger partial charge < -0.3 is 9.32 Å². The van der Waals surface area contributed by atoms with Crippen LogP contribution in [-0.4, -0.2) is 25.0 Å². The lowest BCUT2D eigenvalue weighted by molar-refractivity contribution is 0.240. The maximum atomic E-state index is 6.02. The number of aryl methyl sites for hydroxylation is 1. The second-order valence-electron chi connectivity index (χ2n) is 5.15. The van der Waals surface area contributed by atoms with E-state index in [1.807, 2.05) is 0 Å². The zero-order valence-corrected chi connectivity index (χ0v) is 10.6. The molecule has 3 rings (SSSR count). The molecule has 0 N–H and O–H groups in total. The third-order valence-corrected chi connectivity index (χ3v) is 3.92. The summed E-state index contributed by atoms with van der Waals surface area (Å²) in [5.74, 6) is 2.88. The fraction of sp³-hybridized carbons (Fsp3) is 0.467. The van der Waals surface area contributed by atoms with Gasteiger partial charge in [0.1, 0.15) is 11.5 Å². The van der Waals surface area contributed by atoms with E-state index in [4.69, 9.17) is 4.42 Å². The van der Waals surface area contributed by atoms with Gasteiger partial charge in [0.05, 0.1) is 0 Å². The van der Waals surface area contributed by atoms with Crippen molar-refractivity contribution in [3.8, 4) is 0 Å². The van der Waals surface area contributed by atoms with Gasteiger partial charge in [0.15, 0.2) is 0 Å². The van der Waals surface area contributed by atoms with Gasteiger partial charge in [0.2, 0.25) is 0 Å². The van der Waals surface area contributed by atoms with Crippen molar-refractivity contribution < 1.29 is 4.42 Å². The zero-order chi connectivity index (χ0) is 11.8. The lowest BCUT2D eigenvalue weighted by Crippen LogP contribution is -2.29. The van der Waals surface area contributed by atoms with Crippen LogP contribution in [0.1, 0.15) is 30.3 Å². The van der Waals surface area contributed by atoms with Crippen LogP contribution in [0.3, 0.4) is 0 Å². The Morgan fingerprint density at radius 1 is 1.12 bits per heavy atom. The highest BCUT2D eigenvalue weighted by molar-refractivity contribution is 5.87.